The lowest BCUT2D eigenvalue weighted by atomic mass is 10.2. The highest BCUT2D eigenvalue weighted by Gasteiger charge is 2.33. The molecule has 0 fully saturated rings. The zero-order chi connectivity index (χ0) is 23.7. The standard InChI is InChI=1S/C18H15F3N4O5S2/c1-10-13-5-6-14(18(19,20)21)24-17(13)31-15(10)16(26)22-7-8-23-32(29,30)12-4-2-3-11(9-12)25(27)28/h2-6,9,23H,7-8H2,1H3,(H,22,26). The number of nitro groups is 1. The minimum Gasteiger partial charge on any atom is -0.350 e. The Labute approximate surface area is 183 Å². The fraction of sp³-hybridized carbons (Fsp3) is 0.222. The maximum Gasteiger partial charge on any atom is 0.433 e. The molecule has 3 aromatic rings. The van der Waals surface area contributed by atoms with Crippen molar-refractivity contribution in [2.75, 3.05) is 13.1 Å². The van der Waals surface area contributed by atoms with Crippen molar-refractivity contribution in [3.05, 3.63) is 62.6 Å². The lowest BCUT2D eigenvalue weighted by Gasteiger charge is -2.08. The maximum atomic E-state index is 12.8. The van der Waals surface area contributed by atoms with E-state index in [0.29, 0.717) is 10.9 Å². The van der Waals surface area contributed by atoms with E-state index in [4.69, 9.17) is 0 Å². The van der Waals surface area contributed by atoms with Crippen molar-refractivity contribution < 1.29 is 31.3 Å². The van der Waals surface area contributed by atoms with Gasteiger partial charge in [0.05, 0.1) is 14.7 Å². The average Bonchev–Trinajstić information content (AvgIpc) is 3.06. The number of rotatable bonds is 7. The predicted octanol–water partition coefficient (Wildman–Crippen LogP) is 3.24. The summed E-state index contributed by atoms with van der Waals surface area (Å²) in [5.74, 6) is -0.589. The Morgan fingerprint density at radius 1 is 1.22 bits per heavy atom. The van der Waals surface area contributed by atoms with Gasteiger partial charge in [-0.15, -0.1) is 11.3 Å². The quantitative estimate of drug-likeness (QED) is 0.298. The number of hydrogen-bond donors (Lipinski definition) is 2. The van der Waals surface area contributed by atoms with Crippen molar-refractivity contribution in [3.8, 4) is 0 Å². The van der Waals surface area contributed by atoms with Crippen molar-refractivity contribution in [1.29, 1.82) is 0 Å². The molecule has 9 nitrogen and oxygen atoms in total. The second-order valence-corrected chi connectivity index (χ2v) is 9.28. The van der Waals surface area contributed by atoms with Gasteiger partial charge in [0.2, 0.25) is 10.0 Å². The zero-order valence-corrected chi connectivity index (χ0v) is 17.9. The van der Waals surface area contributed by atoms with Gasteiger partial charge in [-0.3, -0.25) is 14.9 Å². The molecule has 0 aliphatic carbocycles. The van der Waals surface area contributed by atoms with Crippen molar-refractivity contribution in [3.63, 3.8) is 0 Å². The summed E-state index contributed by atoms with van der Waals surface area (Å²) in [5.41, 5.74) is -0.988. The first-order valence-corrected chi connectivity index (χ1v) is 11.2. The van der Waals surface area contributed by atoms with Gasteiger partial charge >= 0.3 is 6.18 Å². The molecule has 0 unspecified atom stereocenters. The first-order valence-electron chi connectivity index (χ1n) is 8.90. The van der Waals surface area contributed by atoms with Gasteiger partial charge in [0.1, 0.15) is 10.5 Å². The van der Waals surface area contributed by atoms with E-state index in [1.165, 1.54) is 18.2 Å². The Hall–Kier alpha value is -3.10. The lowest BCUT2D eigenvalue weighted by Crippen LogP contribution is -2.34. The van der Waals surface area contributed by atoms with Gasteiger partial charge in [0, 0.05) is 30.6 Å². The van der Waals surface area contributed by atoms with Crippen molar-refractivity contribution in [2.45, 2.75) is 18.0 Å². The van der Waals surface area contributed by atoms with Gasteiger partial charge in [-0.05, 0) is 30.7 Å². The number of aromatic nitrogens is 1. The van der Waals surface area contributed by atoms with Gasteiger partial charge in [-0.2, -0.15) is 13.2 Å². The first kappa shape index (κ1) is 23.6. The van der Waals surface area contributed by atoms with Crippen molar-refractivity contribution >= 4 is 43.2 Å². The number of amides is 1. The van der Waals surface area contributed by atoms with Crippen LogP contribution in [0.15, 0.2) is 41.3 Å². The molecule has 0 spiro atoms. The largest absolute Gasteiger partial charge is 0.433 e. The highest BCUT2D eigenvalue weighted by Crippen LogP contribution is 2.34. The summed E-state index contributed by atoms with van der Waals surface area (Å²) in [6, 6.07) is 6.57. The van der Waals surface area contributed by atoms with Crippen LogP contribution in [0.2, 0.25) is 0 Å². The third kappa shape index (κ3) is 5.03. The van der Waals surface area contributed by atoms with Gasteiger partial charge < -0.3 is 5.32 Å². The van der Waals surface area contributed by atoms with Crippen LogP contribution in [0.25, 0.3) is 10.2 Å². The summed E-state index contributed by atoms with van der Waals surface area (Å²) >= 11 is 0.801. The zero-order valence-electron chi connectivity index (χ0n) is 16.3. The molecule has 1 aromatic carbocycles. The maximum absolute atomic E-state index is 12.8. The third-order valence-corrected chi connectivity index (χ3v) is 7.00. The number of carbonyl (C=O) groups excluding carboxylic acids is 1. The third-order valence-electron chi connectivity index (χ3n) is 4.34. The van der Waals surface area contributed by atoms with E-state index >= 15 is 0 Å². The molecular weight excluding hydrogens is 473 g/mol. The molecule has 0 saturated heterocycles. The molecule has 3 rings (SSSR count). The summed E-state index contributed by atoms with van der Waals surface area (Å²) in [6.07, 6.45) is -4.61. The Balaban J connectivity index is 1.65. The topological polar surface area (TPSA) is 131 Å². The lowest BCUT2D eigenvalue weighted by molar-refractivity contribution is -0.385. The molecule has 0 aliphatic rings. The molecule has 2 aromatic heterocycles. The summed E-state index contributed by atoms with van der Waals surface area (Å²) in [5, 5.41) is 13.7. The van der Waals surface area contributed by atoms with Crippen LogP contribution in [0.1, 0.15) is 20.9 Å². The summed E-state index contributed by atoms with van der Waals surface area (Å²) in [6.45, 7) is 1.24. The van der Waals surface area contributed by atoms with Crippen molar-refractivity contribution in [1.82, 2.24) is 15.0 Å². The second kappa shape index (κ2) is 8.80. The van der Waals surface area contributed by atoms with Crippen LogP contribution in [-0.4, -0.2) is 37.3 Å². The van der Waals surface area contributed by atoms with Gasteiger partial charge in [0.25, 0.3) is 11.6 Å². The molecule has 2 heterocycles. The van der Waals surface area contributed by atoms with E-state index in [2.05, 4.69) is 15.0 Å². The number of non-ortho nitro benzene ring substituents is 1. The number of alkyl halides is 3. The minimum atomic E-state index is -4.61. The highest BCUT2D eigenvalue weighted by atomic mass is 32.2. The van der Waals surface area contributed by atoms with Gasteiger partial charge in [-0.1, -0.05) is 6.07 Å². The molecule has 0 saturated carbocycles. The minimum absolute atomic E-state index is 0.0637. The molecular formula is C18H15F3N4O5S2. The number of fused-ring (bicyclic) bond motifs is 1. The predicted molar refractivity (Wildman–Crippen MR) is 110 cm³/mol. The Morgan fingerprint density at radius 3 is 2.59 bits per heavy atom. The van der Waals surface area contributed by atoms with Crippen LogP contribution in [-0.2, 0) is 16.2 Å². The van der Waals surface area contributed by atoms with E-state index < -0.39 is 32.7 Å². The number of pyridine rings is 1. The monoisotopic (exact) mass is 488 g/mol. The van der Waals surface area contributed by atoms with Crippen LogP contribution in [0.3, 0.4) is 0 Å². The number of nitrogens with one attached hydrogen (secondary N) is 2. The molecule has 0 atom stereocenters. The molecule has 170 valence electrons. The number of carbonyl (C=O) groups is 1. The smallest absolute Gasteiger partial charge is 0.350 e. The number of sulfonamides is 1. The van der Waals surface area contributed by atoms with Crippen molar-refractivity contribution in [2.24, 2.45) is 0 Å². The van der Waals surface area contributed by atoms with Crippen LogP contribution in [0, 0.1) is 17.0 Å². The van der Waals surface area contributed by atoms with Crippen LogP contribution in [0.5, 0.6) is 0 Å². The molecule has 0 radical (unpaired) electrons. The second-order valence-electron chi connectivity index (χ2n) is 6.51. The van der Waals surface area contributed by atoms with E-state index in [1.54, 1.807) is 6.92 Å². The molecule has 32 heavy (non-hydrogen) atoms. The van der Waals surface area contributed by atoms with Gasteiger partial charge in [-0.25, -0.2) is 18.1 Å². The SMILES string of the molecule is Cc1c(C(=O)NCCNS(=O)(=O)c2cccc([N+](=O)[O-])c2)sc2nc(C(F)(F)F)ccc12. The Kier molecular flexibility index (Phi) is 6.48. The van der Waals surface area contributed by atoms with Crippen LogP contribution < -0.4 is 10.0 Å². The highest BCUT2D eigenvalue weighted by molar-refractivity contribution is 7.89. The fourth-order valence-corrected chi connectivity index (χ4v) is 4.93. The number of nitro benzene ring substituents is 1. The Bertz CT molecular complexity index is 1310. The molecule has 14 heteroatoms. The van der Waals surface area contributed by atoms with E-state index in [9.17, 15) is 36.5 Å². The van der Waals surface area contributed by atoms with Gasteiger partial charge in [0.15, 0.2) is 0 Å². The molecule has 2 N–H and O–H groups in total. The number of benzene rings is 1. The van der Waals surface area contributed by atoms with E-state index in [0.717, 1.165) is 29.5 Å². The summed E-state index contributed by atoms with van der Waals surface area (Å²) < 4.78 is 65.3. The van der Waals surface area contributed by atoms with E-state index in [1.807, 2.05) is 0 Å². The summed E-state index contributed by atoms with van der Waals surface area (Å²) in [4.78, 5) is 26.0. The number of halogens is 3. The summed E-state index contributed by atoms with van der Waals surface area (Å²) in [7, 11) is -4.05. The number of nitrogens with zero attached hydrogens (tertiary/aromatic N) is 2. The molecule has 0 bridgehead atoms. The first-order chi connectivity index (χ1) is 14.9. The Morgan fingerprint density at radius 2 is 1.94 bits per heavy atom. The molecule has 1 amide bonds. The van der Waals surface area contributed by atoms with Crippen LogP contribution in [0.4, 0.5) is 18.9 Å². The number of hydrogen-bond acceptors (Lipinski definition) is 7. The van der Waals surface area contributed by atoms with E-state index in [-0.39, 0.29) is 33.4 Å². The van der Waals surface area contributed by atoms with Crippen LogP contribution >= 0.6 is 11.3 Å². The molecule has 0 aliphatic heterocycles. The average molecular weight is 488 g/mol. The number of thiophene rings is 1. The fourth-order valence-electron chi connectivity index (χ4n) is 2.76. The number of aryl methyl sites for hydroxylation is 1. The normalized spacial score (nSPS) is 12.1.